The Labute approximate surface area is 220 Å². The fourth-order valence-electron chi connectivity index (χ4n) is 4.92. The van der Waals surface area contributed by atoms with Crippen LogP contribution in [-0.4, -0.2) is 101 Å². The van der Waals surface area contributed by atoms with Crippen molar-refractivity contribution >= 4 is 26.9 Å². The summed E-state index contributed by atoms with van der Waals surface area (Å²) >= 11 is 0. The number of nitrogens with zero attached hydrogens (tertiary/aromatic N) is 7. The average molecular weight is 539 g/mol. The molecule has 0 bridgehead atoms. The molecule has 38 heavy (non-hydrogen) atoms. The van der Waals surface area contributed by atoms with Crippen LogP contribution in [0.4, 0.5) is 5.69 Å². The smallest absolute Gasteiger partial charge is 0.258 e. The number of aromatic amines is 1. The van der Waals surface area contributed by atoms with Crippen LogP contribution in [0, 0.1) is 6.92 Å². The van der Waals surface area contributed by atoms with Crippen LogP contribution in [0.1, 0.15) is 11.4 Å². The van der Waals surface area contributed by atoms with Crippen LogP contribution < -0.4 is 4.90 Å². The van der Waals surface area contributed by atoms with E-state index in [0.29, 0.717) is 69.0 Å². The Balaban J connectivity index is 1.31. The fourth-order valence-corrected chi connectivity index (χ4v) is 5.74. The zero-order valence-corrected chi connectivity index (χ0v) is 22.2. The normalized spacial score (nSPS) is 17.9. The van der Waals surface area contributed by atoms with Gasteiger partial charge in [0.2, 0.25) is 15.8 Å². The number of anilines is 1. The number of ether oxygens (including phenoxy) is 1. The number of piperazine rings is 1. The second-order valence-electron chi connectivity index (χ2n) is 9.74. The number of imidazole rings is 1. The Kier molecular flexibility index (Phi) is 6.60. The summed E-state index contributed by atoms with van der Waals surface area (Å²) in [6.45, 7) is 7.62. The Morgan fingerprint density at radius 1 is 1.00 bits per heavy atom. The summed E-state index contributed by atoms with van der Waals surface area (Å²) in [6.07, 6.45) is 1.26. The number of rotatable bonds is 6. The van der Waals surface area contributed by atoms with Crippen LogP contribution in [-0.2, 0) is 21.3 Å². The van der Waals surface area contributed by atoms with E-state index in [-0.39, 0.29) is 0 Å². The van der Waals surface area contributed by atoms with Crippen molar-refractivity contribution in [3.63, 3.8) is 0 Å². The molecule has 3 aromatic heterocycles. The lowest BCUT2D eigenvalue weighted by Gasteiger charge is -2.32. The molecule has 1 aromatic carbocycles. The third-order valence-electron chi connectivity index (χ3n) is 6.94. The van der Waals surface area contributed by atoms with E-state index < -0.39 is 10.0 Å². The van der Waals surface area contributed by atoms with Gasteiger partial charge < -0.3 is 19.1 Å². The minimum Gasteiger partial charge on any atom is -0.378 e. The predicted molar refractivity (Wildman–Crippen MR) is 142 cm³/mol. The first-order chi connectivity index (χ1) is 18.3. The summed E-state index contributed by atoms with van der Waals surface area (Å²) in [5.74, 6) is 1.62. The van der Waals surface area contributed by atoms with Gasteiger partial charge >= 0.3 is 0 Å². The number of hydrogen-bond donors (Lipinski definition) is 1. The van der Waals surface area contributed by atoms with E-state index in [2.05, 4.69) is 24.9 Å². The molecule has 1 N–H and O–H groups in total. The molecule has 2 aliphatic heterocycles. The first-order valence-corrected chi connectivity index (χ1v) is 14.5. The number of fused-ring (bicyclic) bond motifs is 1. The van der Waals surface area contributed by atoms with Crippen molar-refractivity contribution in [1.29, 1.82) is 0 Å². The molecule has 0 saturated carbocycles. The number of aromatic nitrogens is 5. The molecule has 6 rings (SSSR count). The van der Waals surface area contributed by atoms with Gasteiger partial charge in [0.25, 0.3) is 5.89 Å². The molecule has 0 atom stereocenters. The highest BCUT2D eigenvalue weighted by Crippen LogP contribution is 2.31. The molecule has 2 aliphatic rings. The molecular formula is C25H30N8O4S. The summed E-state index contributed by atoms with van der Waals surface area (Å²) in [7, 11) is -3.17. The number of hydrogen-bond acceptors (Lipinski definition) is 10. The van der Waals surface area contributed by atoms with E-state index >= 15 is 0 Å². The maximum Gasteiger partial charge on any atom is 0.258 e. The molecule has 200 valence electrons. The molecule has 0 amide bonds. The Hall–Kier alpha value is -3.39. The van der Waals surface area contributed by atoms with Crippen LogP contribution in [0.5, 0.6) is 0 Å². The number of morpholine rings is 1. The van der Waals surface area contributed by atoms with Crippen LogP contribution in [0.15, 0.2) is 34.9 Å². The van der Waals surface area contributed by atoms with Gasteiger partial charge in [-0.1, -0.05) is 22.9 Å². The summed E-state index contributed by atoms with van der Waals surface area (Å²) in [6, 6.07) is 9.90. The van der Waals surface area contributed by atoms with Crippen molar-refractivity contribution in [3.8, 4) is 23.0 Å². The second-order valence-corrected chi connectivity index (χ2v) is 11.7. The zero-order chi connectivity index (χ0) is 26.3. The molecule has 0 spiro atoms. The summed E-state index contributed by atoms with van der Waals surface area (Å²) in [4.78, 5) is 22.2. The van der Waals surface area contributed by atoms with Gasteiger partial charge in [-0.2, -0.15) is 9.29 Å². The topological polar surface area (TPSA) is 134 Å². The van der Waals surface area contributed by atoms with Crippen LogP contribution in [0.2, 0.25) is 0 Å². The lowest BCUT2D eigenvalue weighted by atomic mass is 10.1. The monoisotopic (exact) mass is 538 g/mol. The van der Waals surface area contributed by atoms with Crippen molar-refractivity contribution in [2.45, 2.75) is 13.5 Å². The molecule has 5 heterocycles. The molecule has 2 fully saturated rings. The Morgan fingerprint density at radius 2 is 1.79 bits per heavy atom. The summed E-state index contributed by atoms with van der Waals surface area (Å²) in [5.41, 5.74) is 4.95. The summed E-state index contributed by atoms with van der Waals surface area (Å²) < 4.78 is 36.4. The number of pyridine rings is 1. The minimum atomic E-state index is -3.17. The van der Waals surface area contributed by atoms with E-state index in [1.165, 1.54) is 10.6 Å². The molecule has 12 nitrogen and oxygen atoms in total. The van der Waals surface area contributed by atoms with E-state index in [1.54, 1.807) is 0 Å². The van der Waals surface area contributed by atoms with Gasteiger partial charge in [-0.25, -0.2) is 18.4 Å². The standard InChI is InChI=1S/C25H30N8O4S/c1-17-4-3-5-18(14-17)25-29-23(30-37-25)19-15-20(32-10-12-36-13-11-32)22-24(26-19)28-21(27-22)16-31-6-8-33(9-7-31)38(2,34)35/h3-5,14-15H,6-13,16H2,1-2H3,(H,26,27,28). The van der Waals surface area contributed by atoms with Gasteiger partial charge in [0, 0.05) is 44.8 Å². The highest BCUT2D eigenvalue weighted by Gasteiger charge is 2.25. The lowest BCUT2D eigenvalue weighted by molar-refractivity contribution is 0.123. The van der Waals surface area contributed by atoms with Crippen molar-refractivity contribution in [2.24, 2.45) is 0 Å². The van der Waals surface area contributed by atoms with Gasteiger partial charge in [-0.15, -0.1) is 0 Å². The maximum atomic E-state index is 11.9. The summed E-state index contributed by atoms with van der Waals surface area (Å²) in [5, 5.41) is 4.22. The molecule has 4 aromatic rings. The highest BCUT2D eigenvalue weighted by molar-refractivity contribution is 7.88. The van der Waals surface area contributed by atoms with Gasteiger partial charge in [0.15, 0.2) is 5.65 Å². The first kappa shape index (κ1) is 24.9. The van der Waals surface area contributed by atoms with E-state index in [9.17, 15) is 8.42 Å². The Bertz CT molecular complexity index is 1550. The third kappa shape index (κ3) is 5.14. The SMILES string of the molecule is Cc1cccc(-c2nc(-c3cc(N4CCOCC4)c4[nH]c(CN5CCN(S(C)(=O)=O)CC5)nc4n3)no2)c1. The number of sulfonamides is 1. The van der Waals surface area contributed by atoms with Crippen molar-refractivity contribution in [1.82, 2.24) is 34.3 Å². The molecule has 0 aliphatic carbocycles. The minimum absolute atomic E-state index is 0.402. The van der Waals surface area contributed by atoms with Gasteiger partial charge in [0.05, 0.1) is 31.7 Å². The van der Waals surface area contributed by atoms with Gasteiger partial charge in [0.1, 0.15) is 17.0 Å². The van der Waals surface area contributed by atoms with Crippen LogP contribution in [0.3, 0.4) is 0 Å². The van der Waals surface area contributed by atoms with Crippen molar-refractivity contribution < 1.29 is 17.7 Å². The Morgan fingerprint density at radius 3 is 2.53 bits per heavy atom. The maximum absolute atomic E-state index is 11.9. The molecule has 13 heteroatoms. The number of aryl methyl sites for hydroxylation is 1. The fraction of sp³-hybridized carbons (Fsp3) is 0.440. The lowest BCUT2D eigenvalue weighted by Crippen LogP contribution is -2.47. The number of H-pyrrole nitrogens is 1. The van der Waals surface area contributed by atoms with Crippen LogP contribution in [0.25, 0.3) is 34.1 Å². The quantitative estimate of drug-likeness (QED) is 0.388. The van der Waals surface area contributed by atoms with Gasteiger partial charge in [-0.05, 0) is 25.1 Å². The first-order valence-electron chi connectivity index (χ1n) is 12.6. The van der Waals surface area contributed by atoms with Gasteiger partial charge in [-0.3, -0.25) is 4.90 Å². The second kappa shape index (κ2) is 10.1. The van der Waals surface area contributed by atoms with Crippen molar-refractivity contribution in [3.05, 3.63) is 41.7 Å². The third-order valence-corrected chi connectivity index (χ3v) is 8.24. The molecular weight excluding hydrogens is 508 g/mol. The largest absolute Gasteiger partial charge is 0.378 e. The van der Waals surface area contributed by atoms with E-state index in [1.807, 2.05) is 37.3 Å². The molecule has 0 unspecified atom stereocenters. The zero-order valence-electron chi connectivity index (χ0n) is 21.4. The predicted octanol–water partition coefficient (Wildman–Crippen LogP) is 1.90. The average Bonchev–Trinajstić information content (AvgIpc) is 3.56. The van der Waals surface area contributed by atoms with Crippen molar-refractivity contribution in [2.75, 3.05) is 63.6 Å². The number of nitrogens with one attached hydrogen (secondary N) is 1. The van der Waals surface area contributed by atoms with E-state index in [4.69, 9.17) is 19.2 Å². The highest BCUT2D eigenvalue weighted by atomic mass is 32.2. The molecule has 0 radical (unpaired) electrons. The van der Waals surface area contributed by atoms with Crippen LogP contribution >= 0.6 is 0 Å². The number of benzene rings is 1. The van der Waals surface area contributed by atoms with E-state index in [0.717, 1.165) is 41.2 Å². The molecule has 2 saturated heterocycles.